The molecular formula is C22H21BrFNO2. The molecule has 140 valence electrons. The summed E-state index contributed by atoms with van der Waals surface area (Å²) in [6.07, 6.45) is 0. The van der Waals surface area contributed by atoms with Crippen molar-refractivity contribution in [1.29, 1.82) is 0 Å². The normalized spacial score (nSPS) is 10.6. The second kappa shape index (κ2) is 9.53. The lowest BCUT2D eigenvalue weighted by Crippen LogP contribution is -2.14. The van der Waals surface area contributed by atoms with Gasteiger partial charge in [-0.2, -0.15) is 0 Å². The van der Waals surface area contributed by atoms with E-state index < -0.39 is 0 Å². The number of nitrogens with one attached hydrogen (secondary N) is 1. The Hall–Kier alpha value is -2.37. The molecule has 0 aliphatic rings. The van der Waals surface area contributed by atoms with Gasteiger partial charge < -0.3 is 14.8 Å². The SMILES string of the molecule is COc1ccc(Br)c(CNCc2ccccc2)c1OCc1ccccc1F. The second-order valence-corrected chi connectivity index (χ2v) is 6.88. The molecule has 0 heterocycles. The van der Waals surface area contributed by atoms with Crippen molar-refractivity contribution in [2.75, 3.05) is 7.11 Å². The Morgan fingerprint density at radius 3 is 2.41 bits per heavy atom. The third-order valence-electron chi connectivity index (χ3n) is 4.19. The van der Waals surface area contributed by atoms with Crippen LogP contribution in [0.25, 0.3) is 0 Å². The highest BCUT2D eigenvalue weighted by molar-refractivity contribution is 9.10. The van der Waals surface area contributed by atoms with E-state index in [1.54, 1.807) is 25.3 Å². The Kier molecular flexibility index (Phi) is 6.85. The number of ether oxygens (including phenoxy) is 2. The fraction of sp³-hybridized carbons (Fsp3) is 0.182. The highest BCUT2D eigenvalue weighted by atomic mass is 79.9. The quantitative estimate of drug-likeness (QED) is 0.515. The standard InChI is InChI=1S/C22H21BrFNO2/c1-26-21-12-11-19(23)18(14-25-13-16-7-3-2-4-8-16)22(21)27-15-17-9-5-6-10-20(17)24/h2-12,25H,13-15H2,1H3. The first-order chi connectivity index (χ1) is 13.2. The predicted molar refractivity (Wildman–Crippen MR) is 108 cm³/mol. The zero-order valence-electron chi connectivity index (χ0n) is 15.0. The van der Waals surface area contributed by atoms with Gasteiger partial charge in [-0.05, 0) is 23.8 Å². The molecule has 0 fully saturated rings. The Morgan fingerprint density at radius 1 is 0.926 bits per heavy atom. The smallest absolute Gasteiger partial charge is 0.167 e. The van der Waals surface area contributed by atoms with Crippen molar-refractivity contribution in [1.82, 2.24) is 5.32 Å². The Morgan fingerprint density at radius 2 is 1.67 bits per heavy atom. The zero-order valence-corrected chi connectivity index (χ0v) is 16.6. The number of hydrogen-bond acceptors (Lipinski definition) is 3. The van der Waals surface area contributed by atoms with Gasteiger partial charge in [-0.25, -0.2) is 4.39 Å². The summed E-state index contributed by atoms with van der Waals surface area (Å²) in [6, 6.07) is 20.5. The van der Waals surface area contributed by atoms with Gasteiger partial charge in [0.05, 0.1) is 7.11 Å². The van der Waals surface area contributed by atoms with E-state index in [9.17, 15) is 4.39 Å². The van der Waals surface area contributed by atoms with Crippen LogP contribution < -0.4 is 14.8 Å². The summed E-state index contributed by atoms with van der Waals surface area (Å²) in [5, 5.41) is 3.42. The largest absolute Gasteiger partial charge is 0.493 e. The summed E-state index contributed by atoms with van der Waals surface area (Å²) in [5.74, 6) is 0.942. The van der Waals surface area contributed by atoms with Crippen LogP contribution in [0.1, 0.15) is 16.7 Å². The number of rotatable bonds is 8. The minimum atomic E-state index is -0.282. The molecule has 0 saturated carbocycles. The van der Waals surface area contributed by atoms with E-state index in [2.05, 4.69) is 33.4 Å². The molecule has 0 unspecified atom stereocenters. The summed E-state index contributed by atoms with van der Waals surface area (Å²) < 4.78 is 26.3. The first-order valence-electron chi connectivity index (χ1n) is 8.65. The molecule has 0 amide bonds. The van der Waals surface area contributed by atoms with Crippen LogP contribution in [0.2, 0.25) is 0 Å². The fourth-order valence-corrected chi connectivity index (χ4v) is 3.21. The van der Waals surface area contributed by atoms with Crippen molar-refractivity contribution < 1.29 is 13.9 Å². The first-order valence-corrected chi connectivity index (χ1v) is 9.44. The van der Waals surface area contributed by atoms with Crippen LogP contribution in [0.3, 0.4) is 0 Å². The lowest BCUT2D eigenvalue weighted by Gasteiger charge is -2.17. The Bertz CT molecular complexity index is 887. The zero-order chi connectivity index (χ0) is 19.1. The minimum Gasteiger partial charge on any atom is -0.493 e. The van der Waals surface area contributed by atoms with Crippen molar-refractivity contribution >= 4 is 15.9 Å². The molecule has 0 spiro atoms. The van der Waals surface area contributed by atoms with Crippen molar-refractivity contribution in [3.8, 4) is 11.5 Å². The van der Waals surface area contributed by atoms with Crippen LogP contribution in [0.15, 0.2) is 71.2 Å². The number of hydrogen-bond donors (Lipinski definition) is 1. The number of methoxy groups -OCH3 is 1. The maximum atomic E-state index is 13.9. The molecular weight excluding hydrogens is 409 g/mol. The van der Waals surface area contributed by atoms with Crippen LogP contribution in [0, 0.1) is 5.82 Å². The van der Waals surface area contributed by atoms with E-state index in [0.29, 0.717) is 23.6 Å². The van der Waals surface area contributed by atoms with Crippen LogP contribution in [0.5, 0.6) is 11.5 Å². The van der Waals surface area contributed by atoms with E-state index in [0.717, 1.165) is 16.6 Å². The molecule has 27 heavy (non-hydrogen) atoms. The number of benzene rings is 3. The predicted octanol–water partition coefficient (Wildman–Crippen LogP) is 5.47. The molecule has 1 N–H and O–H groups in total. The third kappa shape index (κ3) is 5.08. The van der Waals surface area contributed by atoms with Gasteiger partial charge in [0.15, 0.2) is 11.5 Å². The highest BCUT2D eigenvalue weighted by Crippen LogP contribution is 2.37. The maximum absolute atomic E-state index is 13.9. The number of halogens is 2. The Balaban J connectivity index is 1.76. The summed E-state index contributed by atoms with van der Waals surface area (Å²) in [7, 11) is 1.60. The average molecular weight is 430 g/mol. The van der Waals surface area contributed by atoms with Crippen molar-refractivity contribution in [3.63, 3.8) is 0 Å². The second-order valence-electron chi connectivity index (χ2n) is 6.03. The van der Waals surface area contributed by atoms with E-state index in [1.165, 1.54) is 11.6 Å². The molecule has 0 atom stereocenters. The molecule has 3 aromatic carbocycles. The summed E-state index contributed by atoms with van der Waals surface area (Å²) in [5.41, 5.74) is 2.63. The van der Waals surface area contributed by atoms with Crippen molar-refractivity contribution in [2.24, 2.45) is 0 Å². The molecule has 3 rings (SSSR count). The third-order valence-corrected chi connectivity index (χ3v) is 4.93. The van der Waals surface area contributed by atoms with Gasteiger partial charge in [0.2, 0.25) is 0 Å². The van der Waals surface area contributed by atoms with Gasteiger partial charge in [-0.1, -0.05) is 64.5 Å². The van der Waals surface area contributed by atoms with Crippen LogP contribution in [-0.4, -0.2) is 7.11 Å². The molecule has 5 heteroatoms. The van der Waals surface area contributed by atoms with Crippen LogP contribution >= 0.6 is 15.9 Å². The van der Waals surface area contributed by atoms with Crippen LogP contribution in [0.4, 0.5) is 4.39 Å². The van der Waals surface area contributed by atoms with Gasteiger partial charge in [0.1, 0.15) is 12.4 Å². The van der Waals surface area contributed by atoms with Gasteiger partial charge in [0.25, 0.3) is 0 Å². The molecule has 0 saturated heterocycles. The first kappa shape index (κ1) is 19.4. The van der Waals surface area contributed by atoms with Crippen molar-refractivity contribution in [2.45, 2.75) is 19.7 Å². The van der Waals surface area contributed by atoms with Gasteiger partial charge in [0, 0.05) is 28.7 Å². The van der Waals surface area contributed by atoms with Crippen molar-refractivity contribution in [3.05, 3.63) is 93.7 Å². The topological polar surface area (TPSA) is 30.5 Å². The average Bonchev–Trinajstić information content (AvgIpc) is 2.70. The maximum Gasteiger partial charge on any atom is 0.167 e. The molecule has 3 aromatic rings. The Labute approximate surface area is 167 Å². The van der Waals surface area contributed by atoms with Gasteiger partial charge in [-0.3, -0.25) is 0 Å². The summed E-state index contributed by atoms with van der Waals surface area (Å²) >= 11 is 3.59. The molecule has 0 aromatic heterocycles. The van der Waals surface area contributed by atoms with Crippen LogP contribution in [-0.2, 0) is 19.7 Å². The molecule has 3 nitrogen and oxygen atoms in total. The van der Waals surface area contributed by atoms with E-state index in [1.807, 2.05) is 30.3 Å². The van der Waals surface area contributed by atoms with Gasteiger partial charge in [-0.15, -0.1) is 0 Å². The van der Waals surface area contributed by atoms with E-state index in [-0.39, 0.29) is 12.4 Å². The molecule has 0 bridgehead atoms. The monoisotopic (exact) mass is 429 g/mol. The summed E-state index contributed by atoms with van der Waals surface area (Å²) in [6.45, 7) is 1.45. The minimum absolute atomic E-state index is 0.130. The van der Waals surface area contributed by atoms with E-state index >= 15 is 0 Å². The molecule has 0 aliphatic carbocycles. The lowest BCUT2D eigenvalue weighted by molar-refractivity contribution is 0.275. The summed E-state index contributed by atoms with van der Waals surface area (Å²) in [4.78, 5) is 0. The van der Waals surface area contributed by atoms with E-state index in [4.69, 9.17) is 9.47 Å². The lowest BCUT2D eigenvalue weighted by atomic mass is 10.1. The van der Waals surface area contributed by atoms with Gasteiger partial charge >= 0.3 is 0 Å². The highest BCUT2D eigenvalue weighted by Gasteiger charge is 2.15. The fourth-order valence-electron chi connectivity index (χ4n) is 2.76. The molecule has 0 radical (unpaired) electrons. The molecule has 0 aliphatic heterocycles.